The van der Waals surface area contributed by atoms with E-state index in [0.717, 1.165) is 72.4 Å². The van der Waals surface area contributed by atoms with Crippen LogP contribution in [0.1, 0.15) is 160 Å². The molecule has 0 N–H and O–H groups in total. The highest BCUT2D eigenvalue weighted by molar-refractivity contribution is 5.27. The lowest BCUT2D eigenvalue weighted by Crippen LogP contribution is -2.16. The third-order valence-electron chi connectivity index (χ3n) is 11.4. The quantitative estimate of drug-likeness (QED) is 0.0981. The van der Waals surface area contributed by atoms with Crippen LogP contribution >= 0.6 is 0 Å². The van der Waals surface area contributed by atoms with E-state index in [0.29, 0.717) is 19.8 Å². The molecular formula is C45H72O4. The van der Waals surface area contributed by atoms with Crippen LogP contribution < -0.4 is 9.47 Å². The highest BCUT2D eigenvalue weighted by Gasteiger charge is 2.21. The first kappa shape index (κ1) is 39.7. The minimum absolute atomic E-state index is 0.0287. The van der Waals surface area contributed by atoms with Crippen LogP contribution in [0.3, 0.4) is 0 Å². The lowest BCUT2D eigenvalue weighted by atomic mass is 9.78. The molecule has 4 nitrogen and oxygen atoms in total. The predicted molar refractivity (Wildman–Crippen MR) is 205 cm³/mol. The van der Waals surface area contributed by atoms with Gasteiger partial charge in [-0.05, 0) is 91.7 Å². The van der Waals surface area contributed by atoms with E-state index in [1.807, 2.05) is 0 Å². The first-order chi connectivity index (χ1) is 24.1. The third-order valence-corrected chi connectivity index (χ3v) is 11.4. The summed E-state index contributed by atoms with van der Waals surface area (Å²) in [6, 6.07) is 16.8. The van der Waals surface area contributed by atoms with Crippen molar-refractivity contribution >= 4 is 0 Å². The monoisotopic (exact) mass is 677 g/mol. The molecule has 0 unspecified atom stereocenters. The Morgan fingerprint density at radius 2 is 0.898 bits per heavy atom. The van der Waals surface area contributed by atoms with Crippen LogP contribution in [0.4, 0.5) is 0 Å². The first-order valence-electron chi connectivity index (χ1n) is 20.7. The van der Waals surface area contributed by atoms with E-state index in [1.165, 1.54) is 116 Å². The van der Waals surface area contributed by atoms with Crippen molar-refractivity contribution in [3.63, 3.8) is 0 Å². The van der Waals surface area contributed by atoms with Crippen LogP contribution in [0.2, 0.25) is 0 Å². The van der Waals surface area contributed by atoms with Crippen molar-refractivity contribution in [3.05, 3.63) is 59.7 Å². The van der Waals surface area contributed by atoms with Gasteiger partial charge in [-0.3, -0.25) is 0 Å². The largest absolute Gasteiger partial charge is 0.494 e. The number of unbranched alkanes of at least 4 members (excludes halogenated alkanes) is 4. The molecule has 2 fully saturated rings. The second kappa shape index (κ2) is 24.2. The molecular weight excluding hydrogens is 604 g/mol. The molecule has 4 rings (SSSR count). The van der Waals surface area contributed by atoms with Crippen molar-refractivity contribution in [1.82, 2.24) is 0 Å². The number of benzene rings is 2. The summed E-state index contributed by atoms with van der Waals surface area (Å²) in [7, 11) is 0. The smallest absolute Gasteiger partial charge is 0.119 e. The molecule has 0 spiro atoms. The Balaban J connectivity index is 0.977. The second-order valence-corrected chi connectivity index (χ2v) is 15.7. The number of rotatable bonds is 25. The van der Waals surface area contributed by atoms with E-state index in [1.54, 1.807) is 0 Å². The number of ether oxygens (including phenoxy) is 4. The highest BCUT2D eigenvalue weighted by atomic mass is 16.5. The van der Waals surface area contributed by atoms with Crippen molar-refractivity contribution in [2.75, 3.05) is 19.8 Å². The van der Waals surface area contributed by atoms with Crippen molar-refractivity contribution in [3.8, 4) is 11.5 Å². The van der Waals surface area contributed by atoms with Gasteiger partial charge < -0.3 is 18.9 Å². The molecule has 0 bridgehead atoms. The molecule has 0 amide bonds. The van der Waals surface area contributed by atoms with E-state index < -0.39 is 0 Å². The van der Waals surface area contributed by atoms with Gasteiger partial charge in [0.1, 0.15) is 11.5 Å². The van der Waals surface area contributed by atoms with Gasteiger partial charge in [0.15, 0.2) is 0 Å². The van der Waals surface area contributed by atoms with Gasteiger partial charge in [-0.25, -0.2) is 0 Å². The molecule has 2 aliphatic carbocycles. The summed E-state index contributed by atoms with van der Waals surface area (Å²) in [6.07, 6.45) is 27.8. The minimum atomic E-state index is 0.0287. The van der Waals surface area contributed by atoms with Crippen molar-refractivity contribution in [1.29, 1.82) is 0 Å². The second-order valence-electron chi connectivity index (χ2n) is 15.7. The summed E-state index contributed by atoms with van der Waals surface area (Å²) in [4.78, 5) is 0. The Labute approximate surface area is 301 Å². The Morgan fingerprint density at radius 1 is 0.510 bits per heavy atom. The van der Waals surface area contributed by atoms with Gasteiger partial charge in [0.25, 0.3) is 0 Å². The summed E-state index contributed by atoms with van der Waals surface area (Å²) < 4.78 is 24.1. The molecule has 0 heterocycles. The summed E-state index contributed by atoms with van der Waals surface area (Å²) in [6.45, 7) is 10.1. The van der Waals surface area contributed by atoms with E-state index >= 15 is 0 Å². The van der Waals surface area contributed by atoms with E-state index in [-0.39, 0.29) is 6.10 Å². The maximum absolute atomic E-state index is 6.06. The molecule has 0 aliphatic heterocycles. The topological polar surface area (TPSA) is 36.9 Å². The molecule has 276 valence electrons. The molecule has 0 saturated heterocycles. The maximum atomic E-state index is 6.06. The minimum Gasteiger partial charge on any atom is -0.494 e. The molecule has 49 heavy (non-hydrogen) atoms. The van der Waals surface area contributed by atoms with Gasteiger partial charge in [-0.2, -0.15) is 0 Å². The predicted octanol–water partition coefficient (Wildman–Crippen LogP) is 12.9. The maximum Gasteiger partial charge on any atom is 0.119 e. The van der Waals surface area contributed by atoms with Crippen LogP contribution in [-0.2, 0) is 22.7 Å². The van der Waals surface area contributed by atoms with Crippen molar-refractivity contribution in [2.45, 2.75) is 169 Å². The summed E-state index contributed by atoms with van der Waals surface area (Å²) in [5.41, 5.74) is 2.33. The zero-order chi connectivity index (χ0) is 34.4. The van der Waals surface area contributed by atoms with Gasteiger partial charge in [-0.15, -0.1) is 0 Å². The van der Waals surface area contributed by atoms with Crippen LogP contribution in [0.5, 0.6) is 11.5 Å². The molecule has 2 saturated carbocycles. The van der Waals surface area contributed by atoms with Crippen LogP contribution in [0, 0.1) is 23.7 Å². The third kappa shape index (κ3) is 16.7. The molecule has 2 aliphatic rings. The van der Waals surface area contributed by atoms with Gasteiger partial charge in [-0.1, -0.05) is 141 Å². The fourth-order valence-electron chi connectivity index (χ4n) is 8.10. The van der Waals surface area contributed by atoms with E-state index in [9.17, 15) is 0 Å². The Kier molecular flexibility index (Phi) is 19.6. The van der Waals surface area contributed by atoms with Crippen molar-refractivity contribution in [2.24, 2.45) is 23.7 Å². The Morgan fingerprint density at radius 3 is 1.31 bits per heavy atom. The van der Waals surface area contributed by atoms with Crippen LogP contribution in [-0.4, -0.2) is 25.9 Å². The van der Waals surface area contributed by atoms with Gasteiger partial charge in [0.2, 0.25) is 0 Å². The molecule has 2 aromatic rings. The summed E-state index contributed by atoms with van der Waals surface area (Å²) in [5.74, 6) is 5.75. The fourth-order valence-corrected chi connectivity index (χ4v) is 8.10. The summed E-state index contributed by atoms with van der Waals surface area (Å²) >= 11 is 0. The van der Waals surface area contributed by atoms with Gasteiger partial charge >= 0.3 is 0 Å². The lowest BCUT2D eigenvalue weighted by Gasteiger charge is -2.28. The average molecular weight is 677 g/mol. The van der Waals surface area contributed by atoms with Crippen LogP contribution in [0.15, 0.2) is 48.5 Å². The Hall–Kier alpha value is -2.04. The van der Waals surface area contributed by atoms with E-state index in [2.05, 4.69) is 69.3 Å². The number of hydrogen-bond acceptors (Lipinski definition) is 4. The molecule has 4 heteroatoms. The average Bonchev–Trinajstić information content (AvgIpc) is 3.13. The molecule has 2 aromatic carbocycles. The van der Waals surface area contributed by atoms with E-state index in [4.69, 9.17) is 18.9 Å². The first-order valence-corrected chi connectivity index (χ1v) is 20.7. The van der Waals surface area contributed by atoms with Gasteiger partial charge in [0.05, 0.1) is 39.1 Å². The Bertz CT molecular complexity index is 1070. The zero-order valence-electron chi connectivity index (χ0n) is 31.8. The lowest BCUT2D eigenvalue weighted by molar-refractivity contribution is -0.0198. The summed E-state index contributed by atoms with van der Waals surface area (Å²) in [5, 5.41) is 0. The molecule has 0 aromatic heterocycles. The van der Waals surface area contributed by atoms with Crippen LogP contribution in [0.25, 0.3) is 0 Å². The normalized spacial score (nSPS) is 21.8. The SMILES string of the molecule is CCCCC[C@H]1CC[C@H](CCCOc2ccc(COC[C@@H](C)OCc3ccc(OCCC[C@H]4CC[C@H](CCCCC)CC4)cc3)cc2)CC1. The van der Waals surface area contributed by atoms with Gasteiger partial charge in [0, 0.05) is 0 Å². The standard InChI is InChI=1S/C45H72O4/c1-4-6-8-12-38-16-20-40(21-17-38)14-10-32-47-44-28-24-42(25-29-44)35-46-34-37(3)49-36-43-26-30-45(31-27-43)48-33-11-15-41-22-18-39(19-23-41)13-9-7-5-2/h24-31,37-41H,4-23,32-36H2,1-3H3/t37-,38-,39-,40-,41-/m1/s1. The molecule has 1 atom stereocenters. The molecule has 0 radical (unpaired) electrons. The van der Waals surface area contributed by atoms with Crippen molar-refractivity contribution < 1.29 is 18.9 Å². The fraction of sp³-hybridized carbons (Fsp3) is 0.733. The number of hydrogen-bond donors (Lipinski definition) is 0. The highest BCUT2D eigenvalue weighted by Crippen LogP contribution is 2.35. The zero-order valence-corrected chi connectivity index (χ0v) is 31.8.